The summed E-state index contributed by atoms with van der Waals surface area (Å²) in [6, 6.07) is 18.7. The number of carbonyl (C=O) groups is 2. The Bertz CT molecular complexity index is 1280. The second-order valence-electron chi connectivity index (χ2n) is 7.75. The zero-order valence-corrected chi connectivity index (χ0v) is 19.0. The van der Waals surface area contributed by atoms with Crippen molar-refractivity contribution in [3.8, 4) is 0 Å². The summed E-state index contributed by atoms with van der Waals surface area (Å²) in [5.74, 6) is -0.335. The number of rotatable bonds is 6. The predicted octanol–water partition coefficient (Wildman–Crippen LogP) is 3.49. The van der Waals surface area contributed by atoms with Crippen molar-refractivity contribution in [2.75, 3.05) is 18.9 Å². The molecule has 0 saturated carbocycles. The van der Waals surface area contributed by atoms with Gasteiger partial charge in [0, 0.05) is 23.0 Å². The van der Waals surface area contributed by atoms with Crippen LogP contribution in [0.25, 0.3) is 10.8 Å². The molecule has 0 aromatic heterocycles. The number of carbonyl (C=O) groups excluding carboxylic acids is 2. The van der Waals surface area contributed by atoms with E-state index in [2.05, 4.69) is 10.0 Å². The number of benzene rings is 3. The van der Waals surface area contributed by atoms with Crippen molar-refractivity contribution in [2.24, 2.45) is 0 Å². The first-order valence-electron chi connectivity index (χ1n) is 10.6. The zero-order chi connectivity index (χ0) is 23.4. The third kappa shape index (κ3) is 4.84. The molecule has 1 aliphatic rings. The SMILES string of the molecule is CNS(=O)(=O)c1cccc2c(NC(=O)C3CCCN3C(=O)OCc3ccccc3)cccc12. The van der Waals surface area contributed by atoms with Crippen molar-refractivity contribution in [3.05, 3.63) is 72.3 Å². The van der Waals surface area contributed by atoms with Crippen LogP contribution in [0.2, 0.25) is 0 Å². The number of hydrogen-bond acceptors (Lipinski definition) is 5. The van der Waals surface area contributed by atoms with E-state index < -0.39 is 22.2 Å². The van der Waals surface area contributed by atoms with Crippen LogP contribution in [0.3, 0.4) is 0 Å². The maximum atomic E-state index is 13.1. The van der Waals surface area contributed by atoms with Gasteiger partial charge in [0.15, 0.2) is 0 Å². The van der Waals surface area contributed by atoms with Gasteiger partial charge in [-0.25, -0.2) is 17.9 Å². The van der Waals surface area contributed by atoms with E-state index in [-0.39, 0.29) is 17.4 Å². The second-order valence-corrected chi connectivity index (χ2v) is 9.60. The van der Waals surface area contributed by atoms with Gasteiger partial charge < -0.3 is 10.1 Å². The van der Waals surface area contributed by atoms with Crippen LogP contribution in [0.1, 0.15) is 18.4 Å². The molecule has 0 spiro atoms. The predicted molar refractivity (Wildman–Crippen MR) is 125 cm³/mol. The maximum Gasteiger partial charge on any atom is 0.410 e. The largest absolute Gasteiger partial charge is 0.445 e. The van der Waals surface area contributed by atoms with E-state index >= 15 is 0 Å². The maximum absolute atomic E-state index is 13.1. The summed E-state index contributed by atoms with van der Waals surface area (Å²) in [5.41, 5.74) is 1.35. The summed E-state index contributed by atoms with van der Waals surface area (Å²) in [6.45, 7) is 0.572. The van der Waals surface area contributed by atoms with Crippen LogP contribution in [0.15, 0.2) is 71.6 Å². The molecule has 1 unspecified atom stereocenters. The van der Waals surface area contributed by atoms with Crippen molar-refractivity contribution in [2.45, 2.75) is 30.4 Å². The number of nitrogens with one attached hydrogen (secondary N) is 2. The third-order valence-electron chi connectivity index (χ3n) is 5.69. The second kappa shape index (κ2) is 9.60. The van der Waals surface area contributed by atoms with Gasteiger partial charge in [-0.3, -0.25) is 9.69 Å². The van der Waals surface area contributed by atoms with Gasteiger partial charge in [0.25, 0.3) is 0 Å². The smallest absolute Gasteiger partial charge is 0.410 e. The molecule has 8 nitrogen and oxygen atoms in total. The highest BCUT2D eigenvalue weighted by atomic mass is 32.2. The van der Waals surface area contributed by atoms with Gasteiger partial charge in [-0.2, -0.15) is 0 Å². The number of sulfonamides is 1. The number of hydrogen-bond donors (Lipinski definition) is 2. The van der Waals surface area contributed by atoms with Crippen LogP contribution < -0.4 is 10.0 Å². The van der Waals surface area contributed by atoms with Crippen LogP contribution >= 0.6 is 0 Å². The fourth-order valence-corrected chi connectivity index (χ4v) is 4.96. The molecular weight excluding hydrogens is 442 g/mol. The molecule has 0 bridgehead atoms. The summed E-state index contributed by atoms with van der Waals surface area (Å²) < 4.78 is 32.5. The average molecular weight is 468 g/mol. The minimum Gasteiger partial charge on any atom is -0.445 e. The Morgan fingerprint density at radius 1 is 1.00 bits per heavy atom. The Kier molecular flexibility index (Phi) is 6.62. The highest BCUT2D eigenvalue weighted by Gasteiger charge is 2.35. The highest BCUT2D eigenvalue weighted by Crippen LogP contribution is 2.29. The van der Waals surface area contributed by atoms with Crippen molar-refractivity contribution in [1.29, 1.82) is 0 Å². The van der Waals surface area contributed by atoms with Crippen LogP contribution in [0, 0.1) is 0 Å². The lowest BCUT2D eigenvalue weighted by molar-refractivity contribution is -0.120. The molecule has 3 aromatic carbocycles. The fraction of sp³-hybridized carbons (Fsp3) is 0.250. The van der Waals surface area contributed by atoms with E-state index in [0.717, 1.165) is 5.56 Å². The molecule has 172 valence electrons. The molecule has 4 rings (SSSR count). The van der Waals surface area contributed by atoms with Gasteiger partial charge in [0.2, 0.25) is 15.9 Å². The third-order valence-corrected chi connectivity index (χ3v) is 7.17. The molecule has 0 aliphatic carbocycles. The quantitative estimate of drug-likeness (QED) is 0.578. The fourth-order valence-electron chi connectivity index (χ4n) is 4.01. The van der Waals surface area contributed by atoms with Gasteiger partial charge in [0.1, 0.15) is 12.6 Å². The first-order chi connectivity index (χ1) is 15.9. The van der Waals surface area contributed by atoms with Crippen LogP contribution in [0.5, 0.6) is 0 Å². The Balaban J connectivity index is 1.51. The van der Waals surface area contributed by atoms with Crippen LogP contribution in [-0.2, 0) is 26.2 Å². The number of nitrogens with zero attached hydrogens (tertiary/aromatic N) is 1. The van der Waals surface area contributed by atoms with Gasteiger partial charge >= 0.3 is 6.09 Å². The number of amides is 2. The summed E-state index contributed by atoms with van der Waals surface area (Å²) >= 11 is 0. The molecule has 9 heteroatoms. The standard InChI is InChI=1S/C24H25N3O5S/c1-25-33(30,31)22-14-6-10-18-19(22)11-5-12-20(18)26-23(28)21-13-7-15-27(21)24(29)32-16-17-8-3-2-4-9-17/h2-6,8-12,14,21,25H,7,13,15-16H2,1H3,(H,26,28). The van der Waals surface area contributed by atoms with Crippen LogP contribution in [0.4, 0.5) is 10.5 Å². The normalized spacial score (nSPS) is 16.0. The van der Waals surface area contributed by atoms with E-state index in [1.807, 2.05) is 30.3 Å². The van der Waals surface area contributed by atoms with Gasteiger partial charge in [0.05, 0.1) is 4.90 Å². The van der Waals surface area contributed by atoms with E-state index in [0.29, 0.717) is 35.8 Å². The highest BCUT2D eigenvalue weighted by molar-refractivity contribution is 7.89. The molecule has 33 heavy (non-hydrogen) atoms. The van der Waals surface area contributed by atoms with Crippen molar-refractivity contribution in [3.63, 3.8) is 0 Å². The Morgan fingerprint density at radius 2 is 1.73 bits per heavy atom. The van der Waals surface area contributed by atoms with Gasteiger partial charge in [-0.1, -0.05) is 54.6 Å². The molecule has 1 aliphatic heterocycles. The molecule has 1 atom stereocenters. The number of anilines is 1. The lowest BCUT2D eigenvalue weighted by Gasteiger charge is -2.23. The first-order valence-corrected chi connectivity index (χ1v) is 12.1. The summed E-state index contributed by atoms with van der Waals surface area (Å²) in [4.78, 5) is 27.3. The topological polar surface area (TPSA) is 105 Å². The zero-order valence-electron chi connectivity index (χ0n) is 18.2. The molecule has 2 N–H and O–H groups in total. The summed E-state index contributed by atoms with van der Waals surface area (Å²) in [7, 11) is -2.31. The summed E-state index contributed by atoms with van der Waals surface area (Å²) in [6.07, 6.45) is 0.687. The number of likely N-dealkylation sites (tertiary alicyclic amines) is 1. The molecule has 2 amide bonds. The molecule has 0 radical (unpaired) electrons. The Labute approximate surface area is 192 Å². The van der Waals surface area contributed by atoms with Crippen LogP contribution in [-0.4, -0.2) is 45.0 Å². The monoisotopic (exact) mass is 467 g/mol. The molecule has 1 heterocycles. The minimum absolute atomic E-state index is 0.130. The van der Waals surface area contributed by atoms with Gasteiger partial charge in [-0.05, 0) is 37.6 Å². The van der Waals surface area contributed by atoms with E-state index in [1.54, 1.807) is 30.3 Å². The van der Waals surface area contributed by atoms with E-state index in [4.69, 9.17) is 4.74 Å². The molecule has 1 fully saturated rings. The van der Waals surface area contributed by atoms with Crippen molar-refractivity contribution >= 4 is 38.5 Å². The lowest BCUT2D eigenvalue weighted by atomic mass is 10.1. The first kappa shape index (κ1) is 22.8. The molecule has 3 aromatic rings. The Morgan fingerprint density at radius 3 is 2.48 bits per heavy atom. The molecular formula is C24H25N3O5S. The van der Waals surface area contributed by atoms with E-state index in [1.165, 1.54) is 18.0 Å². The van der Waals surface area contributed by atoms with Crippen molar-refractivity contribution in [1.82, 2.24) is 9.62 Å². The lowest BCUT2D eigenvalue weighted by Crippen LogP contribution is -2.43. The van der Waals surface area contributed by atoms with E-state index in [9.17, 15) is 18.0 Å². The van der Waals surface area contributed by atoms with Crippen molar-refractivity contribution < 1.29 is 22.7 Å². The average Bonchev–Trinajstić information content (AvgIpc) is 3.33. The summed E-state index contributed by atoms with van der Waals surface area (Å²) in [5, 5.41) is 3.97. The number of ether oxygens (including phenoxy) is 1. The Hall–Kier alpha value is -3.43. The minimum atomic E-state index is -3.67. The van der Waals surface area contributed by atoms with Gasteiger partial charge in [-0.15, -0.1) is 0 Å². The molecule has 1 saturated heterocycles. The number of fused-ring (bicyclic) bond motifs is 1.